The molecule has 17 heavy (non-hydrogen) atoms. The van der Waals surface area contributed by atoms with Gasteiger partial charge in [-0.3, -0.25) is 4.90 Å². The molecular formula is C13H27N3O. The molecular weight excluding hydrogens is 214 g/mol. The van der Waals surface area contributed by atoms with E-state index in [0.717, 1.165) is 19.7 Å². The van der Waals surface area contributed by atoms with Gasteiger partial charge >= 0.3 is 0 Å². The lowest BCUT2D eigenvalue weighted by molar-refractivity contribution is 0.00502. The SMILES string of the molecule is CN(C)C1CCCN(C(CN)C2CCCO2)C1. The van der Waals surface area contributed by atoms with E-state index in [4.69, 9.17) is 10.5 Å². The molecule has 2 rings (SSSR count). The largest absolute Gasteiger partial charge is 0.377 e. The van der Waals surface area contributed by atoms with Crippen molar-refractivity contribution in [1.29, 1.82) is 0 Å². The van der Waals surface area contributed by atoms with E-state index in [2.05, 4.69) is 23.9 Å². The highest BCUT2D eigenvalue weighted by atomic mass is 16.5. The van der Waals surface area contributed by atoms with Gasteiger partial charge in [0.15, 0.2) is 0 Å². The third-order valence-corrected chi connectivity index (χ3v) is 4.26. The molecule has 100 valence electrons. The summed E-state index contributed by atoms with van der Waals surface area (Å²) in [7, 11) is 4.36. The molecule has 3 unspecified atom stereocenters. The normalized spacial score (nSPS) is 33.2. The lowest BCUT2D eigenvalue weighted by atomic mass is 9.99. The van der Waals surface area contributed by atoms with Crippen molar-refractivity contribution >= 4 is 0 Å². The van der Waals surface area contributed by atoms with Crippen LogP contribution in [0, 0.1) is 0 Å². The summed E-state index contributed by atoms with van der Waals surface area (Å²) < 4.78 is 5.82. The molecule has 0 amide bonds. The Balaban J connectivity index is 1.93. The summed E-state index contributed by atoms with van der Waals surface area (Å²) in [6.45, 7) is 3.98. The molecule has 4 nitrogen and oxygen atoms in total. The van der Waals surface area contributed by atoms with Crippen LogP contribution in [0.4, 0.5) is 0 Å². The fourth-order valence-electron chi connectivity index (χ4n) is 3.15. The van der Waals surface area contributed by atoms with E-state index in [0.29, 0.717) is 18.2 Å². The summed E-state index contributed by atoms with van der Waals surface area (Å²) in [4.78, 5) is 4.90. The quantitative estimate of drug-likeness (QED) is 0.779. The summed E-state index contributed by atoms with van der Waals surface area (Å²) in [6, 6.07) is 1.11. The van der Waals surface area contributed by atoms with Crippen molar-refractivity contribution in [3.63, 3.8) is 0 Å². The zero-order chi connectivity index (χ0) is 12.3. The second-order valence-corrected chi connectivity index (χ2v) is 5.61. The smallest absolute Gasteiger partial charge is 0.0743 e. The van der Waals surface area contributed by atoms with E-state index < -0.39 is 0 Å². The number of nitrogens with two attached hydrogens (primary N) is 1. The number of nitrogens with zero attached hydrogens (tertiary/aromatic N) is 2. The number of ether oxygens (including phenoxy) is 1. The molecule has 0 spiro atoms. The van der Waals surface area contributed by atoms with Crippen molar-refractivity contribution in [3.05, 3.63) is 0 Å². The van der Waals surface area contributed by atoms with Crippen LogP contribution in [0.5, 0.6) is 0 Å². The van der Waals surface area contributed by atoms with Gasteiger partial charge in [0.1, 0.15) is 0 Å². The van der Waals surface area contributed by atoms with Gasteiger partial charge in [-0.25, -0.2) is 0 Å². The maximum atomic E-state index is 5.97. The van der Waals surface area contributed by atoms with Crippen molar-refractivity contribution in [2.45, 2.75) is 43.9 Å². The number of hydrogen-bond donors (Lipinski definition) is 1. The highest BCUT2D eigenvalue weighted by Crippen LogP contribution is 2.23. The number of rotatable bonds is 4. The Kier molecular flexibility index (Phi) is 4.79. The Morgan fingerprint density at radius 3 is 2.76 bits per heavy atom. The summed E-state index contributed by atoms with van der Waals surface area (Å²) in [5.41, 5.74) is 5.97. The maximum Gasteiger partial charge on any atom is 0.0743 e. The van der Waals surface area contributed by atoms with Crippen LogP contribution >= 0.6 is 0 Å². The fraction of sp³-hybridized carbons (Fsp3) is 1.00. The first-order chi connectivity index (χ1) is 8.22. The summed E-state index contributed by atoms with van der Waals surface area (Å²) in [5.74, 6) is 0. The molecule has 0 aliphatic carbocycles. The lowest BCUT2D eigenvalue weighted by Gasteiger charge is -2.41. The number of likely N-dealkylation sites (N-methyl/N-ethyl adjacent to an activating group) is 1. The number of likely N-dealkylation sites (tertiary alicyclic amines) is 1. The minimum absolute atomic E-state index is 0.376. The molecule has 4 heteroatoms. The Morgan fingerprint density at radius 2 is 2.18 bits per heavy atom. The van der Waals surface area contributed by atoms with Gasteiger partial charge in [0.05, 0.1) is 6.10 Å². The van der Waals surface area contributed by atoms with Crippen LogP contribution in [0.25, 0.3) is 0 Å². The first-order valence-corrected chi connectivity index (χ1v) is 6.94. The average Bonchev–Trinajstić information content (AvgIpc) is 2.84. The molecule has 2 heterocycles. The van der Waals surface area contributed by atoms with Crippen molar-refractivity contribution < 1.29 is 4.74 Å². The van der Waals surface area contributed by atoms with Crippen LogP contribution in [0.2, 0.25) is 0 Å². The van der Waals surface area contributed by atoms with Crippen LogP contribution in [0.15, 0.2) is 0 Å². The van der Waals surface area contributed by atoms with E-state index >= 15 is 0 Å². The summed E-state index contributed by atoms with van der Waals surface area (Å²) in [6.07, 6.45) is 5.36. The van der Waals surface area contributed by atoms with Crippen LogP contribution in [0.1, 0.15) is 25.7 Å². The Morgan fingerprint density at radius 1 is 1.35 bits per heavy atom. The van der Waals surface area contributed by atoms with Crippen molar-refractivity contribution in [2.24, 2.45) is 5.73 Å². The summed E-state index contributed by atoms with van der Waals surface area (Å²) >= 11 is 0. The predicted octanol–water partition coefficient (Wildman–Crippen LogP) is 0.519. The van der Waals surface area contributed by atoms with Gasteiger partial charge in [0.2, 0.25) is 0 Å². The molecule has 2 fully saturated rings. The molecule has 0 aromatic heterocycles. The van der Waals surface area contributed by atoms with Gasteiger partial charge in [0.25, 0.3) is 0 Å². The molecule has 0 aromatic carbocycles. The average molecular weight is 241 g/mol. The molecule has 0 radical (unpaired) electrons. The number of hydrogen-bond acceptors (Lipinski definition) is 4. The summed E-state index contributed by atoms with van der Waals surface area (Å²) in [5, 5.41) is 0. The van der Waals surface area contributed by atoms with E-state index in [1.807, 2.05) is 0 Å². The molecule has 0 aromatic rings. The second kappa shape index (κ2) is 6.14. The van der Waals surface area contributed by atoms with Crippen molar-refractivity contribution in [2.75, 3.05) is 40.3 Å². The molecule has 2 N–H and O–H groups in total. The topological polar surface area (TPSA) is 41.7 Å². The standard InChI is InChI=1S/C13H27N3O/c1-15(2)11-5-3-7-16(10-11)12(9-14)13-6-4-8-17-13/h11-13H,3-10,14H2,1-2H3. The van der Waals surface area contributed by atoms with Gasteiger partial charge in [-0.1, -0.05) is 0 Å². The van der Waals surface area contributed by atoms with E-state index in [1.54, 1.807) is 0 Å². The Labute approximate surface area is 105 Å². The predicted molar refractivity (Wildman–Crippen MR) is 70.1 cm³/mol. The van der Waals surface area contributed by atoms with Crippen LogP contribution in [-0.2, 0) is 4.74 Å². The van der Waals surface area contributed by atoms with E-state index in [1.165, 1.54) is 32.2 Å². The van der Waals surface area contributed by atoms with Gasteiger partial charge in [-0.05, 0) is 46.3 Å². The van der Waals surface area contributed by atoms with Crippen LogP contribution in [0.3, 0.4) is 0 Å². The third-order valence-electron chi connectivity index (χ3n) is 4.26. The molecule has 2 aliphatic rings. The van der Waals surface area contributed by atoms with E-state index in [9.17, 15) is 0 Å². The second-order valence-electron chi connectivity index (χ2n) is 5.61. The van der Waals surface area contributed by atoms with E-state index in [-0.39, 0.29) is 0 Å². The zero-order valence-electron chi connectivity index (χ0n) is 11.3. The first kappa shape index (κ1) is 13.3. The minimum atomic E-state index is 0.376. The lowest BCUT2D eigenvalue weighted by Crippen LogP contribution is -2.55. The molecule has 2 saturated heterocycles. The Bertz CT molecular complexity index is 229. The van der Waals surface area contributed by atoms with Gasteiger partial charge < -0.3 is 15.4 Å². The van der Waals surface area contributed by atoms with Gasteiger partial charge in [-0.2, -0.15) is 0 Å². The highest BCUT2D eigenvalue weighted by molar-refractivity contribution is 4.88. The molecule has 2 aliphatic heterocycles. The number of piperidine rings is 1. The molecule has 3 atom stereocenters. The van der Waals surface area contributed by atoms with Crippen LogP contribution < -0.4 is 5.73 Å². The highest BCUT2D eigenvalue weighted by Gasteiger charge is 2.33. The maximum absolute atomic E-state index is 5.97. The monoisotopic (exact) mass is 241 g/mol. The van der Waals surface area contributed by atoms with Gasteiger partial charge in [0, 0.05) is 31.8 Å². The Hall–Kier alpha value is -0.160. The fourth-order valence-corrected chi connectivity index (χ4v) is 3.15. The van der Waals surface area contributed by atoms with Gasteiger partial charge in [-0.15, -0.1) is 0 Å². The molecule has 0 saturated carbocycles. The zero-order valence-corrected chi connectivity index (χ0v) is 11.3. The first-order valence-electron chi connectivity index (χ1n) is 6.94. The van der Waals surface area contributed by atoms with Crippen LogP contribution in [-0.4, -0.2) is 68.3 Å². The van der Waals surface area contributed by atoms with Crippen molar-refractivity contribution in [3.8, 4) is 0 Å². The molecule has 0 bridgehead atoms. The van der Waals surface area contributed by atoms with Crippen molar-refractivity contribution in [1.82, 2.24) is 9.80 Å². The minimum Gasteiger partial charge on any atom is -0.377 e. The third kappa shape index (κ3) is 3.19.